The van der Waals surface area contributed by atoms with Crippen molar-refractivity contribution in [3.05, 3.63) is 69.7 Å². The highest BCUT2D eigenvalue weighted by Gasteiger charge is 2.29. The van der Waals surface area contributed by atoms with Gasteiger partial charge in [0.15, 0.2) is 5.65 Å². The summed E-state index contributed by atoms with van der Waals surface area (Å²) in [6.07, 6.45) is 1.76. The Balaban J connectivity index is 1.46. The minimum Gasteiger partial charge on any atom is -0.497 e. The number of hydrogen-bond acceptors (Lipinski definition) is 9. The quantitative estimate of drug-likeness (QED) is 0.258. The lowest BCUT2D eigenvalue weighted by Gasteiger charge is -2.31. The summed E-state index contributed by atoms with van der Waals surface area (Å²) in [5.41, 5.74) is 1.42. The number of halogens is 1. The van der Waals surface area contributed by atoms with Crippen LogP contribution in [0.5, 0.6) is 11.5 Å². The summed E-state index contributed by atoms with van der Waals surface area (Å²) >= 11 is 6.46. The first-order valence-corrected chi connectivity index (χ1v) is 15.5. The van der Waals surface area contributed by atoms with Crippen LogP contribution in [0.15, 0.2) is 58.4 Å². The normalized spacial score (nSPS) is 14.9. The molecule has 0 unspecified atom stereocenters. The number of H-pyrrole nitrogens is 1. The third-order valence-corrected chi connectivity index (χ3v) is 9.60. The second-order valence-corrected chi connectivity index (χ2v) is 12.5. The van der Waals surface area contributed by atoms with E-state index in [0.29, 0.717) is 67.2 Å². The molecule has 0 saturated carbocycles. The van der Waals surface area contributed by atoms with Crippen LogP contribution in [0.4, 0.5) is 0 Å². The molecule has 12 nitrogen and oxygen atoms in total. The molecule has 14 heteroatoms. The van der Waals surface area contributed by atoms with E-state index >= 15 is 0 Å². The molecule has 0 bridgehead atoms. The molecule has 0 spiro atoms. The largest absolute Gasteiger partial charge is 0.497 e. The third-order valence-electron chi connectivity index (χ3n) is 7.44. The maximum absolute atomic E-state index is 13.6. The lowest BCUT2D eigenvalue weighted by atomic mass is 10.1. The van der Waals surface area contributed by atoms with Gasteiger partial charge in [-0.15, -0.1) is 0 Å². The highest BCUT2D eigenvalue weighted by molar-refractivity contribution is 7.89. The number of methoxy groups -OCH3 is 1. The maximum Gasteiger partial charge on any atom is 0.262 e. The number of nitrogens with zero attached hydrogens (tertiary/aromatic N) is 6. The van der Waals surface area contributed by atoms with Crippen molar-refractivity contribution in [1.29, 1.82) is 0 Å². The minimum absolute atomic E-state index is 0.0334. The van der Waals surface area contributed by atoms with E-state index in [-0.39, 0.29) is 21.3 Å². The highest BCUT2D eigenvalue weighted by atomic mass is 35.5. The van der Waals surface area contributed by atoms with Crippen LogP contribution < -0.4 is 15.0 Å². The van der Waals surface area contributed by atoms with Gasteiger partial charge in [0.2, 0.25) is 10.0 Å². The van der Waals surface area contributed by atoms with Gasteiger partial charge in [0.25, 0.3) is 5.56 Å². The molecule has 1 fully saturated rings. The predicted molar refractivity (Wildman–Crippen MR) is 163 cm³/mol. The number of benzene rings is 2. The number of fused-ring (bicyclic) bond motifs is 3. The molecule has 1 saturated heterocycles. The first-order chi connectivity index (χ1) is 20.7. The van der Waals surface area contributed by atoms with E-state index in [1.165, 1.54) is 16.4 Å². The molecule has 224 valence electrons. The van der Waals surface area contributed by atoms with E-state index in [4.69, 9.17) is 26.1 Å². The van der Waals surface area contributed by atoms with Gasteiger partial charge in [0, 0.05) is 32.4 Å². The highest BCUT2D eigenvalue weighted by Crippen LogP contribution is 2.33. The van der Waals surface area contributed by atoms with Gasteiger partial charge in [-0.25, -0.2) is 18.4 Å². The van der Waals surface area contributed by atoms with Crippen molar-refractivity contribution < 1.29 is 17.9 Å². The summed E-state index contributed by atoms with van der Waals surface area (Å²) in [5.74, 6) is 1.27. The van der Waals surface area contributed by atoms with Crippen molar-refractivity contribution >= 4 is 43.6 Å². The molecule has 1 aliphatic heterocycles. The van der Waals surface area contributed by atoms with Crippen LogP contribution in [-0.2, 0) is 16.6 Å². The fourth-order valence-corrected chi connectivity index (χ4v) is 6.81. The van der Waals surface area contributed by atoms with Gasteiger partial charge in [-0.3, -0.25) is 9.48 Å². The Bertz CT molecular complexity index is 1990. The SMILES string of the molecule is CCOc1ccc(S(=O)(=O)N2CCN(C)CC2)cc1-c1nc2c(c(Cl)nc3nn(Cc4ccc(OC)cc4)cc32)c(=O)[nH]1. The smallest absolute Gasteiger partial charge is 0.262 e. The van der Waals surface area contributed by atoms with Crippen molar-refractivity contribution in [1.82, 2.24) is 33.9 Å². The van der Waals surface area contributed by atoms with Gasteiger partial charge in [0.05, 0.1) is 41.6 Å². The fraction of sp³-hybridized carbons (Fsp3) is 0.310. The lowest BCUT2D eigenvalue weighted by molar-refractivity contribution is 0.222. The molecule has 4 heterocycles. The number of sulfonamides is 1. The first kappa shape index (κ1) is 29.1. The Kier molecular flexibility index (Phi) is 7.81. The number of hydrogen-bond donors (Lipinski definition) is 1. The number of aromatic nitrogens is 5. The second-order valence-electron chi connectivity index (χ2n) is 10.3. The monoisotopic (exact) mass is 623 g/mol. The van der Waals surface area contributed by atoms with Crippen LogP contribution in [0.3, 0.4) is 0 Å². The van der Waals surface area contributed by atoms with Crippen LogP contribution >= 0.6 is 11.6 Å². The summed E-state index contributed by atoms with van der Waals surface area (Å²) in [5, 5.41) is 5.17. The van der Waals surface area contributed by atoms with E-state index in [2.05, 4.69) is 20.0 Å². The van der Waals surface area contributed by atoms with Crippen LogP contribution in [0.1, 0.15) is 12.5 Å². The average molecular weight is 624 g/mol. The third kappa shape index (κ3) is 5.56. The molecular formula is C29H30ClN7O5S. The van der Waals surface area contributed by atoms with E-state index in [9.17, 15) is 13.2 Å². The van der Waals surface area contributed by atoms with Gasteiger partial charge in [-0.1, -0.05) is 23.7 Å². The zero-order valence-corrected chi connectivity index (χ0v) is 25.4. The minimum atomic E-state index is -3.79. The molecular weight excluding hydrogens is 594 g/mol. The van der Waals surface area contributed by atoms with E-state index in [1.807, 2.05) is 38.2 Å². The van der Waals surface area contributed by atoms with Crippen molar-refractivity contribution in [2.24, 2.45) is 0 Å². The lowest BCUT2D eigenvalue weighted by Crippen LogP contribution is -2.47. The number of likely N-dealkylation sites (N-methyl/N-ethyl adjacent to an activating group) is 1. The van der Waals surface area contributed by atoms with E-state index in [1.54, 1.807) is 24.1 Å². The van der Waals surface area contributed by atoms with Crippen molar-refractivity contribution in [3.8, 4) is 22.9 Å². The number of pyridine rings is 1. The topological polar surface area (TPSA) is 136 Å². The molecule has 2 aromatic carbocycles. The Morgan fingerprint density at radius 3 is 2.49 bits per heavy atom. The Morgan fingerprint density at radius 1 is 1.05 bits per heavy atom. The maximum atomic E-state index is 13.6. The molecule has 5 aromatic rings. The summed E-state index contributed by atoms with van der Waals surface area (Å²) in [7, 11) is -0.223. The summed E-state index contributed by atoms with van der Waals surface area (Å²) < 4.78 is 41.4. The fourth-order valence-electron chi connectivity index (χ4n) is 5.11. The summed E-state index contributed by atoms with van der Waals surface area (Å²) in [6.45, 7) is 4.64. The Labute approximate surface area is 252 Å². The van der Waals surface area contributed by atoms with Crippen LogP contribution in [0, 0.1) is 0 Å². The first-order valence-electron chi connectivity index (χ1n) is 13.7. The molecule has 0 atom stereocenters. The van der Waals surface area contributed by atoms with E-state index in [0.717, 1.165) is 11.3 Å². The average Bonchev–Trinajstić information content (AvgIpc) is 3.40. The number of rotatable bonds is 8. The second kappa shape index (κ2) is 11.6. The molecule has 1 aliphatic rings. The number of nitrogens with one attached hydrogen (secondary N) is 1. The van der Waals surface area contributed by atoms with Gasteiger partial charge < -0.3 is 19.4 Å². The molecule has 6 rings (SSSR count). The predicted octanol–water partition coefficient (Wildman–Crippen LogP) is 3.38. The van der Waals surface area contributed by atoms with Gasteiger partial charge in [0.1, 0.15) is 27.9 Å². The Hall–Kier alpha value is -4.04. The van der Waals surface area contributed by atoms with Crippen molar-refractivity contribution in [3.63, 3.8) is 0 Å². The van der Waals surface area contributed by atoms with Gasteiger partial charge >= 0.3 is 0 Å². The standard InChI is InChI=1S/C29H30ClN7O5S/c1-4-42-23-10-9-20(43(39,40)37-13-11-35(2)12-14-37)15-21(23)27-31-25-22-17-36(16-18-5-7-19(41-3)8-6-18)34-28(22)32-26(30)24(25)29(38)33-27/h5-10,15,17H,4,11-14,16H2,1-3H3,(H,31,33,38). The van der Waals surface area contributed by atoms with Crippen LogP contribution in [-0.4, -0.2) is 89.3 Å². The zero-order valence-electron chi connectivity index (χ0n) is 23.9. The van der Waals surface area contributed by atoms with Gasteiger partial charge in [-0.2, -0.15) is 9.40 Å². The zero-order chi connectivity index (χ0) is 30.3. The number of ether oxygens (including phenoxy) is 2. The number of piperazine rings is 1. The molecule has 1 N–H and O–H groups in total. The molecule has 0 radical (unpaired) electrons. The summed E-state index contributed by atoms with van der Waals surface area (Å²) in [6, 6.07) is 12.2. The molecule has 0 amide bonds. The number of aromatic amines is 1. The summed E-state index contributed by atoms with van der Waals surface area (Å²) in [4.78, 5) is 27.5. The van der Waals surface area contributed by atoms with Crippen LogP contribution in [0.2, 0.25) is 5.15 Å². The molecule has 0 aliphatic carbocycles. The van der Waals surface area contributed by atoms with Crippen molar-refractivity contribution in [2.75, 3.05) is 46.9 Å². The molecule has 43 heavy (non-hydrogen) atoms. The molecule has 3 aromatic heterocycles. The van der Waals surface area contributed by atoms with E-state index < -0.39 is 15.6 Å². The Morgan fingerprint density at radius 2 is 1.79 bits per heavy atom. The van der Waals surface area contributed by atoms with Crippen molar-refractivity contribution in [2.45, 2.75) is 18.4 Å². The van der Waals surface area contributed by atoms with Crippen LogP contribution in [0.25, 0.3) is 33.3 Å². The van der Waals surface area contributed by atoms with Gasteiger partial charge in [-0.05, 0) is 49.9 Å².